The number of aromatic amines is 1. The quantitative estimate of drug-likeness (QED) is 0.439. The van der Waals surface area contributed by atoms with Crippen molar-refractivity contribution in [2.24, 2.45) is 0 Å². The number of aromatic nitrogens is 3. The lowest BCUT2D eigenvalue weighted by Gasteiger charge is -2.20. The first-order chi connectivity index (χ1) is 15.7. The summed E-state index contributed by atoms with van der Waals surface area (Å²) in [7, 11) is 0. The Morgan fingerprint density at radius 3 is 2.30 bits per heavy atom. The Bertz CT molecular complexity index is 1330. The van der Waals surface area contributed by atoms with Gasteiger partial charge in [-0.15, -0.1) is 0 Å². The van der Waals surface area contributed by atoms with Crippen LogP contribution in [-0.4, -0.2) is 21.0 Å². The van der Waals surface area contributed by atoms with Crippen molar-refractivity contribution in [3.05, 3.63) is 106 Å². The normalized spacial score (nSPS) is 12.4. The molecule has 0 bridgehead atoms. The van der Waals surface area contributed by atoms with Crippen molar-refractivity contribution in [1.29, 1.82) is 0 Å². The Morgan fingerprint density at radius 1 is 1.03 bits per heavy atom. The molecule has 1 atom stereocenters. The highest BCUT2D eigenvalue weighted by molar-refractivity contribution is 5.95. The van der Waals surface area contributed by atoms with Crippen LogP contribution in [0.5, 0.6) is 0 Å². The van der Waals surface area contributed by atoms with Crippen LogP contribution >= 0.6 is 0 Å². The van der Waals surface area contributed by atoms with Crippen LogP contribution < -0.4 is 11.1 Å². The third-order valence-corrected chi connectivity index (χ3v) is 4.77. The minimum atomic E-state index is -4.54. The van der Waals surface area contributed by atoms with E-state index in [1.807, 2.05) is 0 Å². The Morgan fingerprint density at radius 2 is 1.73 bits per heavy atom. The van der Waals surface area contributed by atoms with Gasteiger partial charge >= 0.3 is 11.9 Å². The van der Waals surface area contributed by atoms with Crippen LogP contribution in [0.1, 0.15) is 33.2 Å². The Balaban J connectivity index is 1.63. The molecule has 33 heavy (non-hydrogen) atoms. The van der Waals surface area contributed by atoms with Gasteiger partial charge in [0.15, 0.2) is 5.82 Å². The number of pyridine rings is 1. The fourth-order valence-electron chi connectivity index (χ4n) is 3.13. The first-order valence-corrected chi connectivity index (χ1v) is 9.47. The van der Waals surface area contributed by atoms with E-state index in [9.17, 15) is 27.2 Å². The summed E-state index contributed by atoms with van der Waals surface area (Å²) < 4.78 is 57.7. The number of hydrogen-bond acceptors (Lipinski definition) is 5. The number of rotatable bonds is 5. The number of carbonyl (C=O) groups is 1. The average molecular weight is 458 g/mol. The molecule has 0 saturated heterocycles. The summed E-state index contributed by atoms with van der Waals surface area (Å²) >= 11 is 0. The van der Waals surface area contributed by atoms with E-state index in [-0.39, 0.29) is 22.6 Å². The fourth-order valence-corrected chi connectivity index (χ4v) is 3.13. The van der Waals surface area contributed by atoms with Gasteiger partial charge in [-0.25, -0.2) is 9.18 Å². The summed E-state index contributed by atoms with van der Waals surface area (Å²) in [4.78, 5) is 30.3. The first-order valence-electron chi connectivity index (χ1n) is 9.47. The molecule has 0 radical (unpaired) electrons. The van der Waals surface area contributed by atoms with Gasteiger partial charge in [-0.05, 0) is 42.0 Å². The number of alkyl halides is 3. The highest BCUT2D eigenvalue weighted by atomic mass is 19.4. The van der Waals surface area contributed by atoms with Gasteiger partial charge in [0.1, 0.15) is 11.5 Å². The Labute approximate surface area is 183 Å². The van der Waals surface area contributed by atoms with Crippen LogP contribution in [0.4, 0.5) is 17.6 Å². The maximum Gasteiger partial charge on any atom is 0.439 e. The second kappa shape index (κ2) is 8.69. The zero-order valence-corrected chi connectivity index (χ0v) is 16.6. The van der Waals surface area contributed by atoms with E-state index >= 15 is 0 Å². The summed E-state index contributed by atoms with van der Waals surface area (Å²) in [6.07, 6.45) is -3.22. The molecule has 0 aliphatic heterocycles. The summed E-state index contributed by atoms with van der Waals surface area (Å²) in [6.45, 7) is 0. The zero-order valence-electron chi connectivity index (χ0n) is 16.6. The monoisotopic (exact) mass is 458 g/mol. The van der Waals surface area contributed by atoms with Crippen molar-refractivity contribution in [3.8, 4) is 11.4 Å². The third-order valence-electron chi connectivity index (χ3n) is 4.77. The standard InChI is InChI=1S/C22H14F4N4O3/c23-16-2-1-11-27-18(16)17(12-7-9-15(10-8-12)22(24,25)26)28-20(31)14-5-3-13(4-6-14)19-29-21(32)33-30-19/h1-11,17H,(H,28,31)(H,29,30,32)/t17-/m0/s1. The van der Waals surface area contributed by atoms with E-state index in [1.165, 1.54) is 36.5 Å². The fraction of sp³-hybridized carbons (Fsp3) is 0.0909. The minimum absolute atomic E-state index is 0.151. The molecule has 168 valence electrons. The molecule has 0 spiro atoms. The molecule has 4 aromatic rings. The van der Waals surface area contributed by atoms with Crippen molar-refractivity contribution >= 4 is 5.91 Å². The number of nitrogens with zero attached hydrogens (tertiary/aromatic N) is 2. The summed E-state index contributed by atoms with van der Waals surface area (Å²) in [6, 6.07) is 11.3. The van der Waals surface area contributed by atoms with Gasteiger partial charge in [-0.3, -0.25) is 19.3 Å². The number of carbonyl (C=O) groups excluding carboxylic acids is 1. The summed E-state index contributed by atoms with van der Waals surface area (Å²) in [5, 5.41) is 6.16. The SMILES string of the molecule is O=C(N[C@@H](c1ccc(C(F)(F)F)cc1)c1ncccc1F)c1ccc(-c2noc(=O)[nH]2)cc1. The van der Waals surface area contributed by atoms with E-state index in [0.29, 0.717) is 5.56 Å². The lowest BCUT2D eigenvalue weighted by molar-refractivity contribution is -0.137. The van der Waals surface area contributed by atoms with Gasteiger partial charge in [0.25, 0.3) is 5.91 Å². The number of H-pyrrole nitrogens is 1. The maximum atomic E-state index is 14.5. The van der Waals surface area contributed by atoms with Gasteiger partial charge in [0.2, 0.25) is 0 Å². The Kier molecular flexibility index (Phi) is 5.78. The second-order valence-corrected chi connectivity index (χ2v) is 6.92. The molecular weight excluding hydrogens is 444 g/mol. The molecule has 2 aromatic carbocycles. The largest absolute Gasteiger partial charge is 0.439 e. The van der Waals surface area contributed by atoms with Crippen LogP contribution in [0, 0.1) is 5.82 Å². The van der Waals surface area contributed by atoms with Gasteiger partial charge in [-0.2, -0.15) is 13.2 Å². The molecule has 0 fully saturated rings. The maximum absolute atomic E-state index is 14.5. The van der Waals surface area contributed by atoms with Crippen molar-refractivity contribution in [1.82, 2.24) is 20.4 Å². The van der Waals surface area contributed by atoms with Crippen LogP contribution in [0.3, 0.4) is 0 Å². The zero-order chi connectivity index (χ0) is 23.6. The van der Waals surface area contributed by atoms with Crippen molar-refractivity contribution in [3.63, 3.8) is 0 Å². The number of halogens is 4. The predicted octanol–water partition coefficient (Wildman–Crippen LogP) is 4.10. The second-order valence-electron chi connectivity index (χ2n) is 6.92. The van der Waals surface area contributed by atoms with Crippen LogP contribution in [0.2, 0.25) is 0 Å². The van der Waals surface area contributed by atoms with E-state index < -0.39 is 35.3 Å². The van der Waals surface area contributed by atoms with Crippen LogP contribution in [0.25, 0.3) is 11.4 Å². The molecule has 0 unspecified atom stereocenters. The Hall–Kier alpha value is -4.28. The average Bonchev–Trinajstić information content (AvgIpc) is 3.24. The third kappa shape index (κ3) is 4.81. The topological polar surface area (TPSA) is 101 Å². The summed E-state index contributed by atoms with van der Waals surface area (Å²) in [5.74, 6) is -1.91. The molecule has 2 heterocycles. The van der Waals surface area contributed by atoms with E-state index in [1.54, 1.807) is 0 Å². The van der Waals surface area contributed by atoms with Gasteiger partial charge in [0.05, 0.1) is 11.6 Å². The molecule has 0 aliphatic rings. The lowest BCUT2D eigenvalue weighted by Crippen LogP contribution is -2.30. The number of nitrogens with one attached hydrogen (secondary N) is 2. The van der Waals surface area contributed by atoms with Crippen molar-refractivity contribution in [2.75, 3.05) is 0 Å². The molecule has 4 rings (SSSR count). The highest BCUT2D eigenvalue weighted by Gasteiger charge is 2.31. The van der Waals surface area contributed by atoms with E-state index in [2.05, 4.69) is 25.0 Å². The van der Waals surface area contributed by atoms with Gasteiger partial charge in [-0.1, -0.05) is 29.4 Å². The number of amides is 1. The van der Waals surface area contributed by atoms with Gasteiger partial charge in [0, 0.05) is 17.3 Å². The number of benzene rings is 2. The number of hydrogen-bond donors (Lipinski definition) is 2. The van der Waals surface area contributed by atoms with Crippen LogP contribution in [-0.2, 0) is 6.18 Å². The van der Waals surface area contributed by atoms with Gasteiger partial charge < -0.3 is 5.32 Å². The lowest BCUT2D eigenvalue weighted by atomic mass is 10.00. The van der Waals surface area contributed by atoms with Crippen molar-refractivity contribution < 1.29 is 26.9 Å². The molecule has 1 amide bonds. The first kappa shape index (κ1) is 21.9. The molecule has 11 heteroatoms. The van der Waals surface area contributed by atoms with E-state index in [0.717, 1.165) is 30.3 Å². The summed E-state index contributed by atoms with van der Waals surface area (Å²) in [5.41, 5.74) is -0.155. The molecular formula is C22H14F4N4O3. The smallest absolute Gasteiger partial charge is 0.339 e. The molecule has 2 aromatic heterocycles. The minimum Gasteiger partial charge on any atom is -0.339 e. The van der Waals surface area contributed by atoms with Crippen LogP contribution in [0.15, 0.2) is 76.2 Å². The van der Waals surface area contributed by atoms with Crippen molar-refractivity contribution in [2.45, 2.75) is 12.2 Å². The molecule has 0 saturated carbocycles. The highest BCUT2D eigenvalue weighted by Crippen LogP contribution is 2.31. The molecule has 2 N–H and O–H groups in total. The molecule has 7 nitrogen and oxygen atoms in total. The predicted molar refractivity (Wildman–Crippen MR) is 108 cm³/mol. The van der Waals surface area contributed by atoms with E-state index in [4.69, 9.17) is 0 Å². The molecule has 0 aliphatic carbocycles.